The molecule has 3 heterocycles. The number of piperazine rings is 1. The van der Waals surface area contributed by atoms with Crippen molar-refractivity contribution in [1.82, 2.24) is 9.80 Å². The molecular weight excluding hydrogens is 366 g/mol. The molecule has 0 radical (unpaired) electrons. The number of rotatable bonds is 4. The lowest BCUT2D eigenvalue weighted by atomic mass is 9.90. The van der Waals surface area contributed by atoms with Crippen molar-refractivity contribution in [2.75, 3.05) is 44.2 Å². The molecule has 1 aliphatic carbocycles. The second-order valence-electron chi connectivity index (χ2n) is 8.62. The van der Waals surface area contributed by atoms with Gasteiger partial charge in [-0.15, -0.1) is 11.3 Å². The standard InChI is InChI=1S/C23H29N3OS/c27-22(26-14-12-25(13-15-26)19-5-2-1-3-6-19)21-17-23(21)8-10-24(11-9-23)18-20-7-4-16-28-20/h1-7,16,21H,8-15,17-18H2/t21-/m0/s1. The van der Waals surface area contributed by atoms with Crippen molar-refractivity contribution in [2.24, 2.45) is 11.3 Å². The number of para-hydroxylation sites is 1. The number of amides is 1. The monoisotopic (exact) mass is 395 g/mol. The van der Waals surface area contributed by atoms with E-state index in [9.17, 15) is 4.79 Å². The van der Waals surface area contributed by atoms with Crippen LogP contribution in [0.25, 0.3) is 0 Å². The summed E-state index contributed by atoms with van der Waals surface area (Å²) in [6.45, 7) is 6.99. The van der Waals surface area contributed by atoms with Crippen molar-refractivity contribution in [3.05, 3.63) is 52.7 Å². The number of nitrogens with zero attached hydrogens (tertiary/aromatic N) is 3. The third kappa shape index (κ3) is 3.58. The Balaban J connectivity index is 1.11. The van der Waals surface area contributed by atoms with Crippen LogP contribution in [0.4, 0.5) is 5.69 Å². The number of piperidine rings is 1. The minimum Gasteiger partial charge on any atom is -0.368 e. The Hall–Kier alpha value is -1.85. The first kappa shape index (κ1) is 18.2. The molecule has 1 saturated carbocycles. The van der Waals surface area contributed by atoms with E-state index in [2.05, 4.69) is 62.5 Å². The predicted octanol–water partition coefficient (Wildman–Crippen LogP) is 3.70. The number of carbonyl (C=O) groups excluding carboxylic acids is 1. The van der Waals surface area contributed by atoms with Crippen molar-refractivity contribution < 1.29 is 4.79 Å². The number of hydrogen-bond acceptors (Lipinski definition) is 4. The van der Waals surface area contributed by atoms with Crippen molar-refractivity contribution >= 4 is 22.9 Å². The van der Waals surface area contributed by atoms with Gasteiger partial charge in [0.25, 0.3) is 0 Å². The third-order valence-electron chi connectivity index (χ3n) is 7.01. The molecule has 148 valence electrons. The van der Waals surface area contributed by atoms with E-state index in [0.717, 1.165) is 52.2 Å². The van der Waals surface area contributed by atoms with E-state index in [-0.39, 0.29) is 0 Å². The third-order valence-corrected chi connectivity index (χ3v) is 7.87. The highest BCUT2D eigenvalue weighted by Gasteiger charge is 2.59. The molecule has 1 spiro atoms. The highest BCUT2D eigenvalue weighted by molar-refractivity contribution is 7.09. The van der Waals surface area contributed by atoms with E-state index in [1.165, 1.54) is 23.4 Å². The lowest BCUT2D eigenvalue weighted by Crippen LogP contribution is -2.50. The maximum Gasteiger partial charge on any atom is 0.226 e. The second-order valence-corrected chi connectivity index (χ2v) is 9.65. The zero-order valence-corrected chi connectivity index (χ0v) is 17.2. The zero-order chi connectivity index (χ0) is 19.0. The maximum absolute atomic E-state index is 13.1. The largest absolute Gasteiger partial charge is 0.368 e. The van der Waals surface area contributed by atoms with Gasteiger partial charge in [0, 0.05) is 49.2 Å². The molecule has 0 unspecified atom stereocenters. The SMILES string of the molecule is O=C([C@@H]1CC12CCN(Cc1cccs1)CC2)N1CCN(c2ccccc2)CC1. The first-order valence-corrected chi connectivity index (χ1v) is 11.5. The normalized spacial score (nSPS) is 24.5. The molecule has 3 aliphatic rings. The first-order valence-electron chi connectivity index (χ1n) is 10.6. The molecule has 0 N–H and O–H groups in total. The smallest absolute Gasteiger partial charge is 0.226 e. The number of benzene rings is 1. The van der Waals surface area contributed by atoms with Gasteiger partial charge in [-0.25, -0.2) is 0 Å². The summed E-state index contributed by atoms with van der Waals surface area (Å²) in [5.74, 6) is 0.721. The Morgan fingerprint density at radius 3 is 2.39 bits per heavy atom. The van der Waals surface area contributed by atoms with Crippen LogP contribution in [-0.2, 0) is 11.3 Å². The van der Waals surface area contributed by atoms with Crippen LogP contribution in [0.5, 0.6) is 0 Å². The number of anilines is 1. The fourth-order valence-corrected chi connectivity index (χ4v) is 5.82. The summed E-state index contributed by atoms with van der Waals surface area (Å²) in [4.78, 5) is 21.7. The van der Waals surface area contributed by atoms with Gasteiger partial charge < -0.3 is 9.80 Å². The lowest BCUT2D eigenvalue weighted by Gasteiger charge is -2.37. The Labute approximate surface area is 171 Å². The number of hydrogen-bond donors (Lipinski definition) is 0. The van der Waals surface area contributed by atoms with Crippen LogP contribution >= 0.6 is 11.3 Å². The number of likely N-dealkylation sites (tertiary alicyclic amines) is 1. The number of carbonyl (C=O) groups is 1. The number of thiophene rings is 1. The van der Waals surface area contributed by atoms with Gasteiger partial charge in [0.15, 0.2) is 0 Å². The molecule has 28 heavy (non-hydrogen) atoms. The predicted molar refractivity (Wildman–Crippen MR) is 115 cm³/mol. The Bertz CT molecular complexity index is 791. The first-order chi connectivity index (χ1) is 13.7. The zero-order valence-electron chi connectivity index (χ0n) is 16.4. The fraction of sp³-hybridized carbons (Fsp3) is 0.522. The average Bonchev–Trinajstić information content (AvgIpc) is 3.19. The molecule has 2 aliphatic heterocycles. The Morgan fingerprint density at radius 1 is 0.964 bits per heavy atom. The molecule has 1 amide bonds. The van der Waals surface area contributed by atoms with Crippen molar-refractivity contribution in [3.63, 3.8) is 0 Å². The molecule has 3 fully saturated rings. The van der Waals surface area contributed by atoms with E-state index in [0.29, 0.717) is 17.2 Å². The highest BCUT2D eigenvalue weighted by Crippen LogP contribution is 2.60. The van der Waals surface area contributed by atoms with Crippen LogP contribution < -0.4 is 4.90 Å². The van der Waals surface area contributed by atoms with Crippen LogP contribution in [0.1, 0.15) is 24.1 Å². The van der Waals surface area contributed by atoms with Crippen LogP contribution in [0.15, 0.2) is 47.8 Å². The van der Waals surface area contributed by atoms with Gasteiger partial charge in [-0.3, -0.25) is 9.69 Å². The van der Waals surface area contributed by atoms with E-state index in [4.69, 9.17) is 0 Å². The molecule has 5 heteroatoms. The van der Waals surface area contributed by atoms with Gasteiger partial charge in [-0.2, -0.15) is 0 Å². The molecule has 1 aromatic heterocycles. The van der Waals surface area contributed by atoms with Crippen LogP contribution in [0.3, 0.4) is 0 Å². The molecule has 1 atom stereocenters. The molecule has 2 saturated heterocycles. The average molecular weight is 396 g/mol. The maximum atomic E-state index is 13.1. The molecule has 4 nitrogen and oxygen atoms in total. The minimum absolute atomic E-state index is 0.291. The summed E-state index contributed by atoms with van der Waals surface area (Å²) < 4.78 is 0. The molecule has 5 rings (SSSR count). The van der Waals surface area contributed by atoms with Gasteiger partial charge >= 0.3 is 0 Å². The summed E-state index contributed by atoms with van der Waals surface area (Å²) in [5, 5.41) is 2.16. The summed E-state index contributed by atoms with van der Waals surface area (Å²) >= 11 is 1.85. The van der Waals surface area contributed by atoms with Crippen molar-refractivity contribution in [2.45, 2.75) is 25.8 Å². The summed E-state index contributed by atoms with van der Waals surface area (Å²) in [7, 11) is 0. The molecule has 1 aromatic carbocycles. The lowest BCUT2D eigenvalue weighted by molar-refractivity contribution is -0.134. The van der Waals surface area contributed by atoms with Gasteiger partial charge in [0.2, 0.25) is 5.91 Å². The van der Waals surface area contributed by atoms with E-state index < -0.39 is 0 Å². The van der Waals surface area contributed by atoms with Gasteiger partial charge in [-0.05, 0) is 61.3 Å². The van der Waals surface area contributed by atoms with Crippen LogP contribution in [0, 0.1) is 11.3 Å². The van der Waals surface area contributed by atoms with Gasteiger partial charge in [0.1, 0.15) is 0 Å². The minimum atomic E-state index is 0.291. The highest BCUT2D eigenvalue weighted by atomic mass is 32.1. The van der Waals surface area contributed by atoms with Crippen LogP contribution in [-0.4, -0.2) is 55.0 Å². The quantitative estimate of drug-likeness (QED) is 0.790. The van der Waals surface area contributed by atoms with Crippen molar-refractivity contribution in [3.8, 4) is 0 Å². The second kappa shape index (κ2) is 7.53. The molecule has 0 bridgehead atoms. The summed E-state index contributed by atoms with van der Waals surface area (Å²) in [6, 6.07) is 14.9. The molecule has 2 aromatic rings. The van der Waals surface area contributed by atoms with E-state index in [1.54, 1.807) is 0 Å². The van der Waals surface area contributed by atoms with E-state index >= 15 is 0 Å². The topological polar surface area (TPSA) is 26.8 Å². The Morgan fingerprint density at radius 2 is 1.71 bits per heavy atom. The van der Waals surface area contributed by atoms with Crippen LogP contribution in [0.2, 0.25) is 0 Å². The van der Waals surface area contributed by atoms with Gasteiger partial charge in [-0.1, -0.05) is 24.3 Å². The van der Waals surface area contributed by atoms with E-state index in [1.807, 2.05) is 11.3 Å². The summed E-state index contributed by atoms with van der Waals surface area (Å²) in [6.07, 6.45) is 3.51. The van der Waals surface area contributed by atoms with Gasteiger partial charge in [0.05, 0.1) is 0 Å². The molecular formula is C23H29N3OS. The fourth-order valence-electron chi connectivity index (χ4n) is 5.07. The summed E-state index contributed by atoms with van der Waals surface area (Å²) in [5.41, 5.74) is 1.59. The Kier molecular flexibility index (Phi) is 4.89. The van der Waals surface area contributed by atoms with Crippen molar-refractivity contribution in [1.29, 1.82) is 0 Å².